The van der Waals surface area contributed by atoms with E-state index in [1.807, 2.05) is 0 Å². The molecular weight excluding hydrogens is 288 g/mol. The molecule has 0 atom stereocenters. The summed E-state index contributed by atoms with van der Waals surface area (Å²) in [5.74, 6) is 0.951. The summed E-state index contributed by atoms with van der Waals surface area (Å²) in [5.41, 5.74) is 0.0510. The molecule has 0 radical (unpaired) electrons. The average Bonchev–Trinajstić information content (AvgIpc) is 2.85. The minimum Gasteiger partial charge on any atom is -0.496 e. The molecule has 0 saturated carbocycles. The number of nitrogens with one attached hydrogen (secondary N) is 1. The van der Waals surface area contributed by atoms with E-state index in [4.69, 9.17) is 18.7 Å². The van der Waals surface area contributed by atoms with Crippen molar-refractivity contribution in [2.45, 2.75) is 26.4 Å². The van der Waals surface area contributed by atoms with Gasteiger partial charge in [-0.3, -0.25) is 0 Å². The van der Waals surface area contributed by atoms with Crippen molar-refractivity contribution in [2.24, 2.45) is 0 Å². The number of carbonyl (C=O) groups excluding carboxylic acids is 1. The molecule has 120 valence electrons. The van der Waals surface area contributed by atoms with Crippen LogP contribution in [0, 0.1) is 0 Å². The normalized spacial score (nSPS) is 11.3. The van der Waals surface area contributed by atoms with Gasteiger partial charge in [0.1, 0.15) is 23.3 Å². The van der Waals surface area contributed by atoms with Gasteiger partial charge in [0.2, 0.25) is 0 Å². The van der Waals surface area contributed by atoms with E-state index in [0.29, 0.717) is 29.1 Å². The Labute approximate surface area is 128 Å². The van der Waals surface area contributed by atoms with Crippen molar-refractivity contribution in [1.82, 2.24) is 10.5 Å². The molecule has 0 saturated heterocycles. The zero-order valence-electron chi connectivity index (χ0n) is 13.1. The summed E-state index contributed by atoms with van der Waals surface area (Å²) in [6, 6.07) is 5.38. The SMILES string of the molecule is COc1cccc2onc(OCCNC(=O)OC(C)(C)C)c12. The molecule has 22 heavy (non-hydrogen) atoms. The molecule has 1 amide bonds. The van der Waals surface area contributed by atoms with Gasteiger partial charge in [0.05, 0.1) is 13.7 Å². The first-order valence-electron chi connectivity index (χ1n) is 6.93. The molecule has 2 rings (SSSR count). The number of hydrogen-bond acceptors (Lipinski definition) is 6. The lowest BCUT2D eigenvalue weighted by Gasteiger charge is -2.19. The number of ether oxygens (including phenoxy) is 3. The molecule has 1 heterocycles. The second-order valence-electron chi connectivity index (χ2n) is 5.60. The van der Waals surface area contributed by atoms with Crippen LogP contribution in [0.25, 0.3) is 11.0 Å². The second kappa shape index (κ2) is 6.55. The summed E-state index contributed by atoms with van der Waals surface area (Å²) < 4.78 is 21.1. The number of nitrogens with zero attached hydrogens (tertiary/aromatic N) is 1. The summed E-state index contributed by atoms with van der Waals surface area (Å²) >= 11 is 0. The molecule has 1 aromatic carbocycles. The highest BCUT2D eigenvalue weighted by atomic mass is 16.6. The topological polar surface area (TPSA) is 82.8 Å². The van der Waals surface area contributed by atoms with Gasteiger partial charge in [0.15, 0.2) is 5.58 Å². The van der Waals surface area contributed by atoms with Crippen LogP contribution < -0.4 is 14.8 Å². The Kier molecular flexibility index (Phi) is 4.75. The van der Waals surface area contributed by atoms with Crippen molar-refractivity contribution in [3.63, 3.8) is 0 Å². The lowest BCUT2D eigenvalue weighted by Crippen LogP contribution is -2.34. The van der Waals surface area contributed by atoms with Crippen LogP contribution in [0.5, 0.6) is 11.6 Å². The largest absolute Gasteiger partial charge is 0.496 e. The van der Waals surface area contributed by atoms with Crippen molar-refractivity contribution in [3.05, 3.63) is 18.2 Å². The molecule has 7 nitrogen and oxygen atoms in total. The van der Waals surface area contributed by atoms with Crippen LogP contribution in [-0.2, 0) is 4.74 Å². The second-order valence-corrected chi connectivity index (χ2v) is 5.60. The Hall–Kier alpha value is -2.44. The fourth-order valence-corrected chi connectivity index (χ4v) is 1.82. The molecule has 1 aromatic heterocycles. The third-order valence-corrected chi connectivity index (χ3v) is 2.66. The Balaban J connectivity index is 1.89. The summed E-state index contributed by atoms with van der Waals surface area (Å²) in [6.45, 7) is 5.93. The standard InChI is InChI=1S/C15H20N2O5/c1-15(2,3)21-14(18)16-8-9-20-13-12-10(19-4)6-5-7-11(12)22-17-13/h5-7H,8-9H2,1-4H3,(H,16,18). The fourth-order valence-electron chi connectivity index (χ4n) is 1.82. The van der Waals surface area contributed by atoms with Crippen LogP contribution in [0.1, 0.15) is 20.8 Å². The number of alkyl carbamates (subject to hydrolysis) is 1. The average molecular weight is 308 g/mol. The van der Waals surface area contributed by atoms with E-state index in [0.717, 1.165) is 0 Å². The smallest absolute Gasteiger partial charge is 0.407 e. The van der Waals surface area contributed by atoms with E-state index in [1.165, 1.54) is 0 Å². The molecule has 0 spiro atoms. The van der Waals surface area contributed by atoms with E-state index >= 15 is 0 Å². The van der Waals surface area contributed by atoms with Gasteiger partial charge < -0.3 is 24.1 Å². The number of methoxy groups -OCH3 is 1. The molecule has 2 aromatic rings. The van der Waals surface area contributed by atoms with Gasteiger partial charge in [-0.15, -0.1) is 0 Å². The van der Waals surface area contributed by atoms with Crippen molar-refractivity contribution in [1.29, 1.82) is 0 Å². The number of hydrogen-bond donors (Lipinski definition) is 1. The summed E-state index contributed by atoms with van der Waals surface area (Å²) in [6.07, 6.45) is -0.487. The maximum Gasteiger partial charge on any atom is 0.407 e. The number of fused-ring (bicyclic) bond motifs is 1. The minimum absolute atomic E-state index is 0.235. The summed E-state index contributed by atoms with van der Waals surface area (Å²) in [7, 11) is 1.57. The van der Waals surface area contributed by atoms with Crippen LogP contribution in [0.4, 0.5) is 4.79 Å². The predicted octanol–water partition coefficient (Wildman–Crippen LogP) is 2.74. The Morgan fingerprint density at radius 3 is 2.82 bits per heavy atom. The lowest BCUT2D eigenvalue weighted by molar-refractivity contribution is 0.0519. The molecule has 0 bridgehead atoms. The van der Waals surface area contributed by atoms with Crippen LogP contribution in [0.2, 0.25) is 0 Å². The summed E-state index contributed by atoms with van der Waals surface area (Å²) in [5, 5.41) is 7.13. The first-order chi connectivity index (χ1) is 10.4. The van der Waals surface area contributed by atoms with Crippen molar-refractivity contribution >= 4 is 17.1 Å². The third kappa shape index (κ3) is 4.03. The van der Waals surface area contributed by atoms with Crippen molar-refractivity contribution < 1.29 is 23.5 Å². The van der Waals surface area contributed by atoms with E-state index in [-0.39, 0.29) is 6.61 Å². The molecule has 0 aliphatic rings. The van der Waals surface area contributed by atoms with Gasteiger partial charge in [0, 0.05) is 0 Å². The van der Waals surface area contributed by atoms with Crippen molar-refractivity contribution in [2.75, 3.05) is 20.3 Å². The quantitative estimate of drug-likeness (QED) is 0.855. The van der Waals surface area contributed by atoms with E-state index in [1.54, 1.807) is 46.1 Å². The number of carbonyl (C=O) groups is 1. The number of rotatable bonds is 5. The van der Waals surface area contributed by atoms with Gasteiger partial charge in [-0.2, -0.15) is 0 Å². The zero-order valence-corrected chi connectivity index (χ0v) is 13.1. The number of benzene rings is 1. The number of aromatic nitrogens is 1. The maximum atomic E-state index is 11.5. The first-order valence-corrected chi connectivity index (χ1v) is 6.93. The highest BCUT2D eigenvalue weighted by molar-refractivity contribution is 5.88. The van der Waals surface area contributed by atoms with Crippen molar-refractivity contribution in [3.8, 4) is 11.6 Å². The monoisotopic (exact) mass is 308 g/mol. The predicted molar refractivity (Wildman–Crippen MR) is 80.3 cm³/mol. The highest BCUT2D eigenvalue weighted by Gasteiger charge is 2.16. The number of amides is 1. The van der Waals surface area contributed by atoms with Gasteiger partial charge in [-0.25, -0.2) is 4.79 Å². The van der Waals surface area contributed by atoms with Gasteiger partial charge in [-0.05, 0) is 38.1 Å². The Bertz CT molecular complexity index is 645. The van der Waals surface area contributed by atoms with E-state index in [2.05, 4.69) is 10.5 Å². The van der Waals surface area contributed by atoms with E-state index < -0.39 is 11.7 Å². The Morgan fingerprint density at radius 1 is 1.36 bits per heavy atom. The van der Waals surface area contributed by atoms with E-state index in [9.17, 15) is 4.79 Å². The summed E-state index contributed by atoms with van der Waals surface area (Å²) in [4.78, 5) is 11.5. The van der Waals surface area contributed by atoms with Crippen LogP contribution in [0.15, 0.2) is 22.7 Å². The third-order valence-electron chi connectivity index (χ3n) is 2.66. The molecule has 0 fully saturated rings. The van der Waals surface area contributed by atoms with Crippen LogP contribution >= 0.6 is 0 Å². The van der Waals surface area contributed by atoms with Gasteiger partial charge >= 0.3 is 6.09 Å². The van der Waals surface area contributed by atoms with Crippen LogP contribution in [0.3, 0.4) is 0 Å². The Morgan fingerprint density at radius 2 is 2.14 bits per heavy atom. The van der Waals surface area contributed by atoms with Crippen LogP contribution in [-0.4, -0.2) is 37.1 Å². The molecule has 0 aliphatic heterocycles. The van der Waals surface area contributed by atoms with Gasteiger partial charge in [0.25, 0.3) is 5.88 Å². The van der Waals surface area contributed by atoms with Gasteiger partial charge in [-0.1, -0.05) is 6.07 Å². The molecular formula is C15H20N2O5. The molecule has 7 heteroatoms. The lowest BCUT2D eigenvalue weighted by atomic mass is 10.2. The molecule has 0 unspecified atom stereocenters. The first kappa shape index (κ1) is 15.9. The zero-order chi connectivity index (χ0) is 16.2. The highest BCUT2D eigenvalue weighted by Crippen LogP contribution is 2.33. The fraction of sp³-hybridized carbons (Fsp3) is 0.467. The molecule has 0 aliphatic carbocycles. The minimum atomic E-state index is -0.527. The molecule has 1 N–H and O–H groups in total. The maximum absolute atomic E-state index is 11.5.